The number of aliphatic hydroxyl groups excluding tert-OH is 1. The highest BCUT2D eigenvalue weighted by Crippen LogP contribution is 2.24. The standard InChI is InChI=1S/C42H75O6/c1-4-6-8-10-12-14-16-18-20-22-24-26-28-30-32-34-39(44)47-37(3)41-42(38(43)36-46-41)48-40(45)35-33-31-29-27-25-23-21-19-17-15-13-11-9-7-5-2/h18-21,37-38,41-43H,3-17,22-36H2,1-2H3/b20-18-,21-19-/t37?,38-,41-,42+/m1/s1. The first-order chi connectivity index (χ1) is 23.5. The van der Waals surface area contributed by atoms with E-state index in [1.807, 2.05) is 0 Å². The van der Waals surface area contributed by atoms with Crippen molar-refractivity contribution in [1.29, 1.82) is 0 Å². The van der Waals surface area contributed by atoms with E-state index >= 15 is 0 Å². The number of esters is 2. The molecule has 1 N–H and O–H groups in total. The van der Waals surface area contributed by atoms with Gasteiger partial charge in [-0.05, 0) is 71.1 Å². The van der Waals surface area contributed by atoms with Gasteiger partial charge in [0.1, 0.15) is 18.3 Å². The molecule has 6 heteroatoms. The quantitative estimate of drug-likeness (QED) is 0.0423. The molecule has 279 valence electrons. The number of aliphatic hydroxyl groups is 1. The molecule has 1 saturated heterocycles. The predicted molar refractivity (Wildman–Crippen MR) is 200 cm³/mol. The number of ether oxygens (including phenoxy) is 3. The van der Waals surface area contributed by atoms with E-state index in [-0.39, 0.29) is 18.5 Å². The molecular formula is C42H75O6. The lowest BCUT2D eigenvalue weighted by molar-refractivity contribution is -0.164. The second-order valence-corrected chi connectivity index (χ2v) is 14.0. The smallest absolute Gasteiger partial charge is 0.306 e. The van der Waals surface area contributed by atoms with E-state index in [0.717, 1.165) is 51.4 Å². The Balaban J connectivity index is 2.06. The van der Waals surface area contributed by atoms with Gasteiger partial charge >= 0.3 is 11.9 Å². The Labute approximate surface area is 296 Å². The molecule has 1 aliphatic rings. The molecular weight excluding hydrogens is 600 g/mol. The molecule has 4 atom stereocenters. The third kappa shape index (κ3) is 25.3. The summed E-state index contributed by atoms with van der Waals surface area (Å²) in [6.07, 6.45) is 37.8. The first-order valence-corrected chi connectivity index (χ1v) is 20.3. The molecule has 1 unspecified atom stereocenters. The number of carbonyl (C=O) groups is 2. The van der Waals surface area contributed by atoms with Gasteiger partial charge in [0.25, 0.3) is 0 Å². The minimum absolute atomic E-state index is 0.0355. The van der Waals surface area contributed by atoms with Crippen molar-refractivity contribution in [3.05, 3.63) is 31.2 Å². The number of hydrogen-bond donors (Lipinski definition) is 1. The fourth-order valence-electron chi connectivity index (χ4n) is 6.27. The Kier molecular flexibility index (Phi) is 30.1. The highest BCUT2D eigenvalue weighted by molar-refractivity contribution is 5.70. The zero-order valence-electron chi connectivity index (χ0n) is 31.3. The molecule has 0 aromatic heterocycles. The Morgan fingerprint density at radius 1 is 0.625 bits per heavy atom. The van der Waals surface area contributed by atoms with Crippen LogP contribution in [0.3, 0.4) is 0 Å². The van der Waals surface area contributed by atoms with Gasteiger partial charge in [-0.25, -0.2) is 0 Å². The minimum Gasteiger partial charge on any atom is -0.459 e. The first kappa shape index (κ1) is 44.4. The maximum Gasteiger partial charge on any atom is 0.306 e. The van der Waals surface area contributed by atoms with E-state index < -0.39 is 24.4 Å². The topological polar surface area (TPSA) is 82.1 Å². The number of carbonyl (C=O) groups excluding carboxylic acids is 2. The van der Waals surface area contributed by atoms with Crippen LogP contribution >= 0.6 is 0 Å². The van der Waals surface area contributed by atoms with Crippen LogP contribution in [-0.2, 0) is 23.8 Å². The summed E-state index contributed by atoms with van der Waals surface area (Å²) in [6, 6.07) is 0. The lowest BCUT2D eigenvalue weighted by Gasteiger charge is -2.25. The van der Waals surface area contributed by atoms with Gasteiger partial charge in [0.05, 0.1) is 6.61 Å². The maximum atomic E-state index is 12.5. The van der Waals surface area contributed by atoms with Crippen molar-refractivity contribution in [3.63, 3.8) is 0 Å². The van der Waals surface area contributed by atoms with E-state index in [4.69, 9.17) is 14.2 Å². The van der Waals surface area contributed by atoms with Crippen LogP contribution in [0.2, 0.25) is 0 Å². The summed E-state index contributed by atoms with van der Waals surface area (Å²) in [7, 11) is 0. The summed E-state index contributed by atoms with van der Waals surface area (Å²) in [5.41, 5.74) is 0. The average molecular weight is 676 g/mol. The van der Waals surface area contributed by atoms with E-state index in [1.54, 1.807) is 0 Å². The summed E-state index contributed by atoms with van der Waals surface area (Å²) in [6.45, 7) is 8.49. The van der Waals surface area contributed by atoms with Crippen LogP contribution in [0.25, 0.3) is 0 Å². The lowest BCUT2D eigenvalue weighted by Crippen LogP contribution is -2.42. The third-order valence-electron chi connectivity index (χ3n) is 9.36. The van der Waals surface area contributed by atoms with Crippen molar-refractivity contribution in [2.45, 2.75) is 218 Å². The number of hydrogen-bond acceptors (Lipinski definition) is 6. The first-order valence-electron chi connectivity index (χ1n) is 20.3. The molecule has 0 aromatic carbocycles. The monoisotopic (exact) mass is 676 g/mol. The second-order valence-electron chi connectivity index (χ2n) is 14.0. The highest BCUT2D eigenvalue weighted by atomic mass is 16.6. The Hall–Kier alpha value is -1.66. The zero-order chi connectivity index (χ0) is 34.9. The van der Waals surface area contributed by atoms with Crippen molar-refractivity contribution >= 4 is 11.9 Å². The average Bonchev–Trinajstić information content (AvgIpc) is 3.44. The molecule has 1 fully saturated rings. The predicted octanol–water partition coefficient (Wildman–Crippen LogP) is 11.5. The molecule has 6 nitrogen and oxygen atoms in total. The molecule has 1 heterocycles. The van der Waals surface area contributed by atoms with Crippen molar-refractivity contribution in [2.24, 2.45) is 0 Å². The maximum absolute atomic E-state index is 12.5. The fourth-order valence-corrected chi connectivity index (χ4v) is 6.27. The van der Waals surface area contributed by atoms with Crippen molar-refractivity contribution < 1.29 is 28.9 Å². The Morgan fingerprint density at radius 2 is 1.00 bits per heavy atom. The molecule has 0 aliphatic carbocycles. The minimum atomic E-state index is -0.943. The van der Waals surface area contributed by atoms with Gasteiger partial charge in [0.15, 0.2) is 6.10 Å². The van der Waals surface area contributed by atoms with Crippen LogP contribution in [0.1, 0.15) is 194 Å². The molecule has 48 heavy (non-hydrogen) atoms. The summed E-state index contributed by atoms with van der Waals surface area (Å²) in [4.78, 5) is 24.9. The van der Waals surface area contributed by atoms with E-state index in [2.05, 4.69) is 45.1 Å². The fraction of sp³-hybridized carbons (Fsp3) is 0.833. The summed E-state index contributed by atoms with van der Waals surface area (Å²) in [5, 5.41) is 10.4. The van der Waals surface area contributed by atoms with Gasteiger partial charge < -0.3 is 19.3 Å². The number of unbranched alkanes of at least 4 members (excludes halogenated alkanes) is 22. The van der Waals surface area contributed by atoms with Gasteiger partial charge in [-0.2, -0.15) is 0 Å². The van der Waals surface area contributed by atoms with Crippen molar-refractivity contribution in [3.8, 4) is 0 Å². The van der Waals surface area contributed by atoms with E-state index in [9.17, 15) is 14.7 Å². The van der Waals surface area contributed by atoms with Gasteiger partial charge in [0, 0.05) is 12.8 Å². The van der Waals surface area contributed by atoms with Gasteiger partial charge in [-0.1, -0.05) is 141 Å². The van der Waals surface area contributed by atoms with Crippen molar-refractivity contribution in [1.82, 2.24) is 0 Å². The summed E-state index contributed by atoms with van der Waals surface area (Å²) in [5.74, 6) is -0.671. The van der Waals surface area contributed by atoms with Gasteiger partial charge in [-0.3, -0.25) is 9.59 Å². The van der Waals surface area contributed by atoms with Crippen LogP contribution in [0.4, 0.5) is 0 Å². The Bertz CT molecular complexity index is 808. The normalized spacial score (nSPS) is 18.6. The van der Waals surface area contributed by atoms with Crippen molar-refractivity contribution in [2.75, 3.05) is 6.61 Å². The van der Waals surface area contributed by atoms with E-state index in [0.29, 0.717) is 12.8 Å². The van der Waals surface area contributed by atoms with E-state index in [1.165, 1.54) is 116 Å². The largest absolute Gasteiger partial charge is 0.459 e. The molecule has 1 radical (unpaired) electrons. The Morgan fingerprint density at radius 3 is 1.44 bits per heavy atom. The van der Waals surface area contributed by atoms with Gasteiger partial charge in [0.2, 0.25) is 0 Å². The van der Waals surface area contributed by atoms with Crippen LogP contribution in [0.5, 0.6) is 0 Å². The van der Waals surface area contributed by atoms with Crippen LogP contribution in [-0.4, -0.2) is 48.1 Å². The van der Waals surface area contributed by atoms with Crippen LogP contribution < -0.4 is 0 Å². The highest BCUT2D eigenvalue weighted by Gasteiger charge is 2.43. The molecule has 1 aliphatic heterocycles. The molecule has 0 aromatic rings. The van der Waals surface area contributed by atoms with Crippen LogP contribution in [0.15, 0.2) is 24.3 Å². The second kappa shape index (κ2) is 32.5. The molecule has 1 rings (SSSR count). The number of allylic oxidation sites excluding steroid dienone is 4. The number of rotatable bonds is 33. The molecule has 0 bridgehead atoms. The molecule has 0 amide bonds. The summed E-state index contributed by atoms with van der Waals surface area (Å²) >= 11 is 0. The third-order valence-corrected chi connectivity index (χ3v) is 9.36. The molecule has 0 saturated carbocycles. The summed E-state index contributed by atoms with van der Waals surface area (Å²) < 4.78 is 16.7. The SMILES string of the molecule is [CH2]C(OC(=O)CCCCCCC/C=C\CCCCCCCC)[C@H]1OC[C@@H](O)[C@@H]1OC(=O)CCCCCCC/C=C\CCCCCCCC. The van der Waals surface area contributed by atoms with Gasteiger partial charge in [-0.15, -0.1) is 0 Å². The molecule has 0 spiro atoms. The zero-order valence-corrected chi connectivity index (χ0v) is 31.3. The van der Waals surface area contributed by atoms with Crippen LogP contribution in [0, 0.1) is 6.92 Å². The lowest BCUT2D eigenvalue weighted by atomic mass is 10.1.